The second kappa shape index (κ2) is 9.67. The number of nitrogens with zero attached hydrogens (tertiary/aromatic N) is 1. The predicted molar refractivity (Wildman–Crippen MR) is 116 cm³/mol. The highest BCUT2D eigenvalue weighted by molar-refractivity contribution is 7.92. The lowest BCUT2D eigenvalue weighted by atomic mass is 10.3. The number of rotatable bonds is 10. The summed E-state index contributed by atoms with van der Waals surface area (Å²) in [4.78, 5) is -0.0972. The third kappa shape index (κ3) is 5.24. The molecule has 0 aliphatic carbocycles. The van der Waals surface area contributed by atoms with Crippen LogP contribution in [0.15, 0.2) is 52.3 Å². The molecule has 0 aliphatic rings. The van der Waals surface area contributed by atoms with E-state index >= 15 is 0 Å². The lowest BCUT2D eigenvalue weighted by Gasteiger charge is -2.21. The van der Waals surface area contributed by atoms with Crippen molar-refractivity contribution in [2.75, 3.05) is 24.9 Å². The van der Waals surface area contributed by atoms with Crippen molar-refractivity contribution in [3.63, 3.8) is 0 Å². The van der Waals surface area contributed by atoms with Gasteiger partial charge in [-0.1, -0.05) is 26.0 Å². The molecule has 2 rings (SSSR count). The first kappa shape index (κ1) is 24.0. The summed E-state index contributed by atoms with van der Waals surface area (Å²) in [6.45, 7) is 7.65. The number of nitrogens with one attached hydrogen (secondary N) is 1. The molecule has 0 radical (unpaired) electrons. The summed E-state index contributed by atoms with van der Waals surface area (Å²) in [5.74, 6) is 0.394. The van der Waals surface area contributed by atoms with Crippen LogP contribution in [0.1, 0.15) is 27.7 Å². The number of anilines is 1. The molecule has 0 aromatic heterocycles. The number of sulfonamides is 2. The second-order valence-corrected chi connectivity index (χ2v) is 10.3. The zero-order chi connectivity index (χ0) is 22.5. The van der Waals surface area contributed by atoms with Crippen LogP contribution in [-0.2, 0) is 20.0 Å². The topological polar surface area (TPSA) is 102 Å². The average Bonchev–Trinajstić information content (AvgIpc) is 2.69. The van der Waals surface area contributed by atoms with E-state index in [1.54, 1.807) is 39.8 Å². The normalized spacial score (nSPS) is 12.2. The van der Waals surface area contributed by atoms with Crippen LogP contribution in [0.25, 0.3) is 0 Å². The Morgan fingerprint density at radius 2 is 1.60 bits per heavy atom. The summed E-state index contributed by atoms with van der Waals surface area (Å²) in [5, 5.41) is 0. The van der Waals surface area contributed by atoms with Crippen molar-refractivity contribution in [2.45, 2.75) is 43.6 Å². The SMILES string of the molecule is CCN(CC)S(=O)(=O)c1ccc(OC(C)C)c(NS(=O)(=O)c2ccccc2OC)c1. The molecule has 1 N–H and O–H groups in total. The van der Waals surface area contributed by atoms with Crippen molar-refractivity contribution in [1.29, 1.82) is 0 Å². The molecule has 0 spiro atoms. The molecule has 0 heterocycles. The standard InChI is InChI=1S/C20H28N2O6S2/c1-6-22(7-2)30(25,26)16-12-13-18(28-15(3)4)17(14-16)21-29(23,24)20-11-9-8-10-19(20)27-5/h8-15,21H,6-7H2,1-5H3. The van der Waals surface area contributed by atoms with Crippen LogP contribution in [0.5, 0.6) is 11.5 Å². The van der Waals surface area contributed by atoms with Gasteiger partial charge in [-0.25, -0.2) is 16.8 Å². The molecule has 0 saturated heterocycles. The van der Waals surface area contributed by atoms with Gasteiger partial charge in [-0.2, -0.15) is 4.31 Å². The van der Waals surface area contributed by atoms with Gasteiger partial charge < -0.3 is 9.47 Å². The minimum atomic E-state index is -4.07. The van der Waals surface area contributed by atoms with Crippen LogP contribution in [-0.4, -0.2) is 47.4 Å². The molecule has 2 aromatic rings. The molecule has 0 bridgehead atoms. The zero-order valence-corrected chi connectivity index (χ0v) is 19.4. The molecule has 0 fully saturated rings. The maximum atomic E-state index is 13.0. The number of ether oxygens (including phenoxy) is 2. The Labute approximate surface area is 178 Å². The number of para-hydroxylation sites is 1. The van der Waals surface area contributed by atoms with E-state index in [9.17, 15) is 16.8 Å². The summed E-state index contributed by atoms with van der Waals surface area (Å²) in [7, 11) is -6.48. The number of methoxy groups -OCH3 is 1. The molecule has 10 heteroatoms. The summed E-state index contributed by atoms with van der Waals surface area (Å²) in [6.07, 6.45) is -0.246. The van der Waals surface area contributed by atoms with Crippen molar-refractivity contribution in [2.24, 2.45) is 0 Å². The van der Waals surface area contributed by atoms with Gasteiger partial charge in [0.05, 0.1) is 23.8 Å². The van der Waals surface area contributed by atoms with Gasteiger partial charge in [-0.05, 0) is 44.2 Å². The van der Waals surface area contributed by atoms with E-state index in [-0.39, 0.29) is 33.1 Å². The molecule has 166 valence electrons. The third-order valence-electron chi connectivity index (χ3n) is 4.26. The first-order chi connectivity index (χ1) is 14.1. The lowest BCUT2D eigenvalue weighted by molar-refractivity contribution is 0.243. The zero-order valence-electron chi connectivity index (χ0n) is 17.7. The number of hydrogen-bond acceptors (Lipinski definition) is 6. The third-order valence-corrected chi connectivity index (χ3v) is 7.71. The Hall–Kier alpha value is -2.30. The Morgan fingerprint density at radius 3 is 2.17 bits per heavy atom. The molecule has 0 unspecified atom stereocenters. The largest absolute Gasteiger partial charge is 0.495 e. The highest BCUT2D eigenvalue weighted by atomic mass is 32.2. The van der Waals surface area contributed by atoms with Gasteiger partial charge in [-0.3, -0.25) is 4.72 Å². The molecule has 30 heavy (non-hydrogen) atoms. The molecular formula is C20H28N2O6S2. The quantitative estimate of drug-likeness (QED) is 0.588. The van der Waals surface area contributed by atoms with Gasteiger partial charge in [0.2, 0.25) is 10.0 Å². The van der Waals surface area contributed by atoms with E-state index in [0.29, 0.717) is 13.1 Å². The van der Waals surface area contributed by atoms with E-state index in [1.807, 2.05) is 0 Å². The Morgan fingerprint density at radius 1 is 0.967 bits per heavy atom. The van der Waals surface area contributed by atoms with E-state index in [4.69, 9.17) is 9.47 Å². The van der Waals surface area contributed by atoms with Gasteiger partial charge in [0.25, 0.3) is 10.0 Å². The summed E-state index contributed by atoms with van der Waals surface area (Å²) >= 11 is 0. The van der Waals surface area contributed by atoms with E-state index in [0.717, 1.165) is 0 Å². The highest BCUT2D eigenvalue weighted by Gasteiger charge is 2.26. The molecule has 0 amide bonds. The fourth-order valence-corrected chi connectivity index (χ4v) is 5.58. The number of benzene rings is 2. The number of hydrogen-bond donors (Lipinski definition) is 1. The summed E-state index contributed by atoms with van der Waals surface area (Å²) in [6, 6.07) is 10.3. The molecule has 0 saturated carbocycles. The van der Waals surface area contributed by atoms with E-state index in [1.165, 1.54) is 41.7 Å². The van der Waals surface area contributed by atoms with Crippen LogP contribution >= 0.6 is 0 Å². The van der Waals surface area contributed by atoms with Crippen LogP contribution in [0, 0.1) is 0 Å². The van der Waals surface area contributed by atoms with E-state index < -0.39 is 20.0 Å². The molecule has 2 aromatic carbocycles. The summed E-state index contributed by atoms with van der Waals surface area (Å²) in [5.41, 5.74) is 0.0304. The second-order valence-electron chi connectivity index (χ2n) is 6.67. The fraction of sp³-hybridized carbons (Fsp3) is 0.400. The first-order valence-corrected chi connectivity index (χ1v) is 12.5. The van der Waals surface area contributed by atoms with Crippen LogP contribution in [0.3, 0.4) is 0 Å². The monoisotopic (exact) mass is 456 g/mol. The smallest absolute Gasteiger partial charge is 0.265 e. The van der Waals surface area contributed by atoms with Crippen LogP contribution in [0.2, 0.25) is 0 Å². The minimum absolute atomic E-state index is 0.0277. The van der Waals surface area contributed by atoms with Crippen molar-refractivity contribution >= 4 is 25.7 Å². The Bertz CT molecular complexity index is 1080. The fourth-order valence-electron chi connectivity index (χ4n) is 2.86. The van der Waals surface area contributed by atoms with Crippen LogP contribution in [0.4, 0.5) is 5.69 Å². The molecule has 8 nitrogen and oxygen atoms in total. The van der Waals surface area contributed by atoms with Crippen molar-refractivity contribution in [3.8, 4) is 11.5 Å². The van der Waals surface area contributed by atoms with Gasteiger partial charge >= 0.3 is 0 Å². The Kier molecular flexibility index (Phi) is 7.73. The molecule has 0 aliphatic heterocycles. The van der Waals surface area contributed by atoms with E-state index in [2.05, 4.69) is 4.72 Å². The minimum Gasteiger partial charge on any atom is -0.495 e. The molecular weight excluding hydrogens is 428 g/mol. The van der Waals surface area contributed by atoms with Gasteiger partial charge in [0.1, 0.15) is 16.4 Å². The van der Waals surface area contributed by atoms with Gasteiger partial charge in [0.15, 0.2) is 0 Å². The highest BCUT2D eigenvalue weighted by Crippen LogP contribution is 2.33. The maximum absolute atomic E-state index is 13.0. The van der Waals surface area contributed by atoms with Gasteiger partial charge in [0, 0.05) is 13.1 Å². The first-order valence-electron chi connectivity index (χ1n) is 9.53. The van der Waals surface area contributed by atoms with Crippen LogP contribution < -0.4 is 14.2 Å². The van der Waals surface area contributed by atoms with Crippen molar-refractivity contribution in [1.82, 2.24) is 4.31 Å². The van der Waals surface area contributed by atoms with Gasteiger partial charge in [-0.15, -0.1) is 0 Å². The molecule has 0 atom stereocenters. The van der Waals surface area contributed by atoms with Crippen molar-refractivity contribution in [3.05, 3.63) is 42.5 Å². The maximum Gasteiger partial charge on any atom is 0.265 e. The lowest BCUT2D eigenvalue weighted by Crippen LogP contribution is -2.30. The average molecular weight is 457 g/mol. The predicted octanol–water partition coefficient (Wildman–Crippen LogP) is 3.31. The Balaban J connectivity index is 2.58. The van der Waals surface area contributed by atoms with Crippen molar-refractivity contribution < 1.29 is 26.3 Å². The summed E-state index contributed by atoms with van der Waals surface area (Å²) < 4.78 is 66.4.